The van der Waals surface area contributed by atoms with E-state index in [1.54, 1.807) is 12.1 Å². The lowest BCUT2D eigenvalue weighted by Gasteiger charge is -2.52. The van der Waals surface area contributed by atoms with Crippen LogP contribution < -0.4 is 11.1 Å². The average Bonchev–Trinajstić information content (AvgIpc) is 3.34. The number of thiazole rings is 1. The van der Waals surface area contributed by atoms with Gasteiger partial charge in [0.1, 0.15) is 17.1 Å². The molecule has 2 aromatic carbocycles. The van der Waals surface area contributed by atoms with Gasteiger partial charge in [-0.2, -0.15) is 0 Å². The van der Waals surface area contributed by atoms with Crippen LogP contribution in [0.4, 0.5) is 10.8 Å². The van der Waals surface area contributed by atoms with Gasteiger partial charge in [0.25, 0.3) is 5.91 Å². The summed E-state index contributed by atoms with van der Waals surface area (Å²) in [7, 11) is 2.97. The van der Waals surface area contributed by atoms with Crippen molar-refractivity contribution in [3.05, 3.63) is 81.1 Å². The lowest BCUT2D eigenvalue weighted by molar-refractivity contribution is -0.161. The Bertz CT molecular complexity index is 1810. The number of nitrogens with two attached hydrogens (primary N) is 1. The molecular formula is C31H30N4O8S. The first-order valence-corrected chi connectivity index (χ1v) is 14.6. The molecule has 0 unspecified atom stereocenters. The Morgan fingerprint density at radius 1 is 1.11 bits per heavy atom. The van der Waals surface area contributed by atoms with Crippen molar-refractivity contribution in [2.24, 2.45) is 17.6 Å². The first-order valence-electron chi connectivity index (χ1n) is 13.8. The lowest BCUT2D eigenvalue weighted by Crippen LogP contribution is -2.68. The third-order valence-electron chi connectivity index (χ3n) is 8.76. The first-order chi connectivity index (χ1) is 20.8. The predicted octanol–water partition coefficient (Wildman–Crippen LogP) is 2.27. The number of ketones is 2. The van der Waals surface area contributed by atoms with Gasteiger partial charge in [-0.25, -0.2) is 4.98 Å². The summed E-state index contributed by atoms with van der Waals surface area (Å²) in [5.74, 6) is -8.60. The molecular weight excluding hydrogens is 588 g/mol. The molecule has 0 aliphatic heterocycles. The molecule has 44 heavy (non-hydrogen) atoms. The van der Waals surface area contributed by atoms with Crippen LogP contribution in [0.1, 0.15) is 20.8 Å². The third kappa shape index (κ3) is 4.08. The monoisotopic (exact) mass is 618 g/mol. The zero-order valence-corrected chi connectivity index (χ0v) is 24.7. The topological polar surface area (TPSA) is 207 Å². The highest BCUT2D eigenvalue weighted by Crippen LogP contribution is 2.53. The van der Waals surface area contributed by atoms with Crippen LogP contribution >= 0.6 is 11.3 Å². The summed E-state index contributed by atoms with van der Waals surface area (Å²) in [6.45, 7) is 1.91. The lowest BCUT2D eigenvalue weighted by atomic mass is 9.57. The summed E-state index contributed by atoms with van der Waals surface area (Å²) in [6, 6.07) is 11.4. The molecule has 8 N–H and O–H groups in total. The summed E-state index contributed by atoms with van der Waals surface area (Å²) >= 11 is 1.35. The molecule has 1 amide bonds. The Morgan fingerprint density at radius 2 is 1.80 bits per heavy atom. The third-order valence-corrected chi connectivity index (χ3v) is 9.65. The number of hydrogen-bond acceptors (Lipinski definition) is 12. The number of likely N-dealkylation sites (N-methyl/N-ethyl adjacent to an activating group) is 1. The molecule has 3 aromatic rings. The molecule has 228 valence electrons. The second-order valence-electron chi connectivity index (χ2n) is 11.5. The summed E-state index contributed by atoms with van der Waals surface area (Å²) in [6.07, 6.45) is -1.68. The fourth-order valence-electron chi connectivity index (χ4n) is 6.77. The number of fused-ring (bicyclic) bond motifs is 3. The molecule has 0 bridgehead atoms. The number of carbonyl (C=O) groups is 3. The number of Topliss-reactive ketones (excluding diaryl/α,β-unsaturated/α-hetero) is 2. The Balaban J connectivity index is 1.43. The summed E-state index contributed by atoms with van der Waals surface area (Å²) < 4.78 is 0. The number of carbonyl (C=O) groups excluding carboxylic acids is 3. The number of aliphatic hydroxyl groups excluding tert-OH is 3. The number of aryl methyl sites for hydroxylation is 1. The van der Waals surface area contributed by atoms with Gasteiger partial charge in [0, 0.05) is 21.9 Å². The number of nitrogens with one attached hydrogen (secondary N) is 1. The molecule has 0 fully saturated rings. The quantitative estimate of drug-likeness (QED) is 0.163. The molecule has 1 heterocycles. The molecule has 0 spiro atoms. The number of benzene rings is 2. The standard InChI is InChI=1S/C31H30N4O8S/c1-12-21(13-7-5-4-6-8-13)34-30(44-12)33-16-10-9-14-11-15-18(25(38)17(14)24(16)37)27(40)31(43)20(23(15)36)22(35(2)3)26(39)19(28(31)41)29(32)42/h4-10,15,20,22-23,36-37,39-40,43H,11H2,1-3H3,(H2,32,42)(H,33,34)/t15-,20-,22-,23+,31+/m1/s1. The molecule has 0 saturated heterocycles. The van der Waals surface area contributed by atoms with Gasteiger partial charge in [-0.05, 0) is 39.1 Å². The van der Waals surface area contributed by atoms with Crippen molar-refractivity contribution in [3.63, 3.8) is 0 Å². The minimum Gasteiger partial charge on any atom is -0.510 e. The molecule has 6 rings (SSSR count). The van der Waals surface area contributed by atoms with E-state index in [4.69, 9.17) is 5.73 Å². The van der Waals surface area contributed by atoms with Crippen molar-refractivity contribution in [2.75, 3.05) is 19.4 Å². The highest BCUT2D eigenvalue weighted by Gasteiger charge is 2.66. The highest BCUT2D eigenvalue weighted by atomic mass is 32.1. The predicted molar refractivity (Wildman–Crippen MR) is 161 cm³/mol. The SMILES string of the molecule is Cc1sc(Nc2ccc3c(c2O)C(=O)C2=C(O)[C@]4(O)C(=O)C(C(N)=O)=C(O)[C@H](N(C)C)[C@@H]4[C@@H](O)[C@@H]2C3)nc1-c1ccccc1. The maximum absolute atomic E-state index is 14.0. The van der Waals surface area contributed by atoms with E-state index in [1.807, 2.05) is 37.3 Å². The van der Waals surface area contributed by atoms with Gasteiger partial charge < -0.3 is 36.6 Å². The van der Waals surface area contributed by atoms with Crippen molar-refractivity contribution in [2.45, 2.75) is 31.1 Å². The number of nitrogens with zero attached hydrogens (tertiary/aromatic N) is 2. The van der Waals surface area contributed by atoms with Crippen molar-refractivity contribution in [1.29, 1.82) is 0 Å². The van der Waals surface area contributed by atoms with Crippen LogP contribution in [0.15, 0.2) is 65.1 Å². The Morgan fingerprint density at radius 3 is 2.43 bits per heavy atom. The molecule has 3 aliphatic carbocycles. The zero-order valence-electron chi connectivity index (χ0n) is 23.9. The molecule has 12 nitrogen and oxygen atoms in total. The Kier molecular flexibility index (Phi) is 6.89. The van der Waals surface area contributed by atoms with Gasteiger partial charge in [-0.15, -0.1) is 11.3 Å². The number of anilines is 2. The summed E-state index contributed by atoms with van der Waals surface area (Å²) in [5.41, 5.74) is 3.00. The van der Waals surface area contributed by atoms with Crippen LogP contribution in [-0.2, 0) is 16.0 Å². The Labute approximate surface area is 255 Å². The Hall–Kier alpha value is -4.56. The van der Waals surface area contributed by atoms with Crippen molar-refractivity contribution in [1.82, 2.24) is 9.88 Å². The number of aliphatic hydroxyl groups is 4. The van der Waals surface area contributed by atoms with Crippen LogP contribution in [0, 0.1) is 18.8 Å². The number of phenols is 1. The minimum absolute atomic E-state index is 0.0436. The second-order valence-corrected chi connectivity index (χ2v) is 12.7. The van der Waals surface area contributed by atoms with E-state index in [-0.39, 0.29) is 17.7 Å². The molecule has 0 radical (unpaired) electrons. The number of aromatic nitrogens is 1. The van der Waals surface area contributed by atoms with E-state index in [1.165, 1.54) is 30.3 Å². The molecule has 5 atom stereocenters. The molecule has 3 aliphatic rings. The number of hydrogen-bond donors (Lipinski definition) is 7. The molecule has 0 saturated carbocycles. The van der Waals surface area contributed by atoms with Gasteiger partial charge in [0.2, 0.25) is 5.78 Å². The molecule has 1 aromatic heterocycles. The first kappa shape index (κ1) is 29.5. The molecule has 13 heteroatoms. The maximum atomic E-state index is 14.0. The van der Waals surface area contributed by atoms with E-state index in [2.05, 4.69) is 10.3 Å². The number of aromatic hydroxyl groups is 1. The average molecular weight is 619 g/mol. The van der Waals surface area contributed by atoms with E-state index in [9.17, 15) is 39.9 Å². The minimum atomic E-state index is -2.96. The number of phenolic OH excluding ortho intramolecular Hbond substituents is 1. The van der Waals surface area contributed by atoms with Gasteiger partial charge in [0.05, 0.1) is 35.0 Å². The second kappa shape index (κ2) is 10.3. The highest BCUT2D eigenvalue weighted by molar-refractivity contribution is 7.16. The van der Waals surface area contributed by atoms with Gasteiger partial charge >= 0.3 is 0 Å². The summed E-state index contributed by atoms with van der Waals surface area (Å²) in [4.78, 5) is 46.6. The van der Waals surface area contributed by atoms with Crippen LogP contribution in [0.5, 0.6) is 5.75 Å². The number of rotatable bonds is 5. The van der Waals surface area contributed by atoms with E-state index >= 15 is 0 Å². The number of amides is 1. The number of primary amides is 1. The van der Waals surface area contributed by atoms with Gasteiger partial charge in [-0.3, -0.25) is 19.3 Å². The van der Waals surface area contributed by atoms with Crippen molar-refractivity contribution >= 4 is 39.6 Å². The fraction of sp³-hybridized carbons (Fsp3) is 0.290. The van der Waals surface area contributed by atoms with E-state index < -0.39 is 75.5 Å². The van der Waals surface area contributed by atoms with Gasteiger partial charge in [0.15, 0.2) is 22.3 Å². The van der Waals surface area contributed by atoms with E-state index in [0.717, 1.165) is 16.1 Å². The zero-order chi connectivity index (χ0) is 31.8. The van der Waals surface area contributed by atoms with Crippen molar-refractivity contribution in [3.8, 4) is 17.0 Å². The van der Waals surface area contributed by atoms with Gasteiger partial charge in [-0.1, -0.05) is 36.4 Å². The fourth-order valence-corrected chi connectivity index (χ4v) is 7.61. The normalized spacial score (nSPS) is 26.4. The van der Waals surface area contributed by atoms with Crippen LogP contribution in [0.25, 0.3) is 11.3 Å². The summed E-state index contributed by atoms with van der Waals surface area (Å²) in [5, 5.41) is 60.5. The van der Waals surface area contributed by atoms with Crippen LogP contribution in [-0.4, -0.2) is 84.7 Å². The maximum Gasteiger partial charge on any atom is 0.255 e. The van der Waals surface area contributed by atoms with E-state index in [0.29, 0.717) is 10.7 Å². The smallest absolute Gasteiger partial charge is 0.255 e. The largest absolute Gasteiger partial charge is 0.510 e. The van der Waals surface area contributed by atoms with Crippen LogP contribution in [0.3, 0.4) is 0 Å². The van der Waals surface area contributed by atoms with Crippen LogP contribution in [0.2, 0.25) is 0 Å². The van der Waals surface area contributed by atoms with Crippen molar-refractivity contribution < 1.29 is 39.9 Å².